The van der Waals surface area contributed by atoms with Crippen LogP contribution in [0.25, 0.3) is 0 Å². The number of carboxylic acids is 1. The molecule has 0 atom stereocenters. The number of morpholine rings is 1. The molecular weight excluding hydrogens is 236 g/mol. The van der Waals surface area contributed by atoms with Crippen LogP contribution < -0.4 is 5.73 Å². The Balaban J connectivity index is 1.89. The summed E-state index contributed by atoms with van der Waals surface area (Å²) in [4.78, 5) is 25.1. The molecule has 0 aromatic heterocycles. The molecule has 6 nitrogen and oxygen atoms in total. The van der Waals surface area contributed by atoms with E-state index in [1.165, 1.54) is 0 Å². The van der Waals surface area contributed by atoms with Crippen LogP contribution in [0.1, 0.15) is 25.7 Å². The van der Waals surface area contributed by atoms with Crippen LogP contribution in [0.3, 0.4) is 0 Å². The first-order chi connectivity index (χ1) is 8.53. The standard InChI is InChI=1S/C12H20N2O4/c13-12(11(16)17)3-1-9(2-4-12)10(15)14-5-7-18-8-6-14/h9H,1-8,13H2,(H,16,17). The number of nitrogens with zero attached hydrogens (tertiary/aromatic N) is 1. The molecule has 1 heterocycles. The zero-order chi connectivity index (χ0) is 13.2. The second-order valence-corrected chi connectivity index (χ2v) is 5.17. The van der Waals surface area contributed by atoms with Gasteiger partial charge >= 0.3 is 5.97 Å². The number of aliphatic carboxylic acids is 1. The van der Waals surface area contributed by atoms with E-state index < -0.39 is 11.5 Å². The summed E-state index contributed by atoms with van der Waals surface area (Å²) in [6.45, 7) is 2.47. The Bertz CT molecular complexity index is 331. The van der Waals surface area contributed by atoms with Crippen molar-refractivity contribution < 1.29 is 19.4 Å². The largest absolute Gasteiger partial charge is 0.480 e. The maximum absolute atomic E-state index is 12.2. The third kappa shape index (κ3) is 2.64. The van der Waals surface area contributed by atoms with Gasteiger partial charge in [-0.2, -0.15) is 0 Å². The Kier molecular flexibility index (Phi) is 3.87. The number of carboxylic acid groups (broad SMARTS) is 1. The summed E-state index contributed by atoms with van der Waals surface area (Å²) in [5.41, 5.74) is 4.66. The van der Waals surface area contributed by atoms with Gasteiger partial charge in [0.2, 0.25) is 5.91 Å². The van der Waals surface area contributed by atoms with E-state index in [4.69, 9.17) is 15.6 Å². The van der Waals surface area contributed by atoms with E-state index in [-0.39, 0.29) is 11.8 Å². The van der Waals surface area contributed by atoms with E-state index in [1.807, 2.05) is 4.90 Å². The van der Waals surface area contributed by atoms with Crippen molar-refractivity contribution in [3.05, 3.63) is 0 Å². The molecule has 102 valence electrons. The summed E-state index contributed by atoms with van der Waals surface area (Å²) in [6, 6.07) is 0. The van der Waals surface area contributed by atoms with Crippen molar-refractivity contribution in [2.45, 2.75) is 31.2 Å². The number of amides is 1. The molecule has 1 aliphatic heterocycles. The lowest BCUT2D eigenvalue weighted by atomic mass is 9.76. The van der Waals surface area contributed by atoms with Gasteiger partial charge in [-0.05, 0) is 25.7 Å². The highest BCUT2D eigenvalue weighted by atomic mass is 16.5. The van der Waals surface area contributed by atoms with Crippen molar-refractivity contribution in [1.82, 2.24) is 4.90 Å². The summed E-state index contributed by atoms with van der Waals surface area (Å²) < 4.78 is 5.21. The van der Waals surface area contributed by atoms with Crippen molar-refractivity contribution in [2.75, 3.05) is 26.3 Å². The molecular formula is C12H20N2O4. The first-order valence-corrected chi connectivity index (χ1v) is 6.42. The van der Waals surface area contributed by atoms with Gasteiger partial charge in [0.25, 0.3) is 0 Å². The Morgan fingerprint density at radius 3 is 2.28 bits per heavy atom. The van der Waals surface area contributed by atoms with Crippen LogP contribution in [-0.2, 0) is 14.3 Å². The normalized spacial score (nSPS) is 33.2. The van der Waals surface area contributed by atoms with E-state index in [9.17, 15) is 9.59 Å². The van der Waals surface area contributed by atoms with E-state index in [0.29, 0.717) is 52.0 Å². The van der Waals surface area contributed by atoms with Gasteiger partial charge in [0.15, 0.2) is 0 Å². The van der Waals surface area contributed by atoms with Gasteiger partial charge in [0, 0.05) is 19.0 Å². The summed E-state index contributed by atoms with van der Waals surface area (Å²) in [5.74, 6) is -0.898. The molecule has 0 aromatic carbocycles. The molecule has 2 rings (SSSR count). The minimum atomic E-state index is -1.14. The molecule has 0 bridgehead atoms. The number of carbonyl (C=O) groups excluding carboxylic acids is 1. The molecule has 6 heteroatoms. The summed E-state index contributed by atoms with van der Waals surface area (Å²) >= 11 is 0. The number of hydrogen-bond donors (Lipinski definition) is 2. The van der Waals surface area contributed by atoms with Crippen LogP contribution in [0.4, 0.5) is 0 Å². The van der Waals surface area contributed by atoms with Crippen molar-refractivity contribution in [2.24, 2.45) is 11.7 Å². The first-order valence-electron chi connectivity index (χ1n) is 6.42. The zero-order valence-corrected chi connectivity index (χ0v) is 10.4. The first kappa shape index (κ1) is 13.3. The minimum absolute atomic E-state index is 0.0703. The molecule has 0 radical (unpaired) electrons. The topological polar surface area (TPSA) is 92.9 Å². The fourth-order valence-corrected chi connectivity index (χ4v) is 2.64. The molecule has 1 amide bonds. The Morgan fingerprint density at radius 1 is 1.22 bits per heavy atom. The van der Waals surface area contributed by atoms with Gasteiger partial charge in [-0.25, -0.2) is 0 Å². The number of carbonyl (C=O) groups is 2. The highest BCUT2D eigenvalue weighted by Gasteiger charge is 2.41. The van der Waals surface area contributed by atoms with Crippen molar-refractivity contribution >= 4 is 11.9 Å². The third-order valence-corrected chi connectivity index (χ3v) is 3.98. The summed E-state index contributed by atoms with van der Waals surface area (Å²) in [6.07, 6.45) is 1.89. The molecule has 0 spiro atoms. The van der Waals surface area contributed by atoms with E-state index in [1.54, 1.807) is 0 Å². The Labute approximate surface area is 106 Å². The van der Waals surface area contributed by atoms with E-state index >= 15 is 0 Å². The molecule has 3 N–H and O–H groups in total. The van der Waals surface area contributed by atoms with Crippen LogP contribution in [-0.4, -0.2) is 53.7 Å². The number of hydrogen-bond acceptors (Lipinski definition) is 4. The maximum Gasteiger partial charge on any atom is 0.323 e. The number of nitrogens with two attached hydrogens (primary N) is 1. The molecule has 2 aliphatic rings. The van der Waals surface area contributed by atoms with Gasteiger partial charge in [-0.15, -0.1) is 0 Å². The van der Waals surface area contributed by atoms with Crippen LogP contribution in [0.15, 0.2) is 0 Å². The molecule has 1 saturated heterocycles. The highest BCUT2D eigenvalue weighted by molar-refractivity contribution is 5.81. The lowest BCUT2D eigenvalue weighted by molar-refractivity contribution is -0.148. The van der Waals surface area contributed by atoms with Crippen LogP contribution in [0.2, 0.25) is 0 Å². The number of ether oxygens (including phenoxy) is 1. The lowest BCUT2D eigenvalue weighted by Gasteiger charge is -2.36. The van der Waals surface area contributed by atoms with Crippen LogP contribution in [0, 0.1) is 5.92 Å². The van der Waals surface area contributed by atoms with Gasteiger partial charge in [-0.1, -0.05) is 0 Å². The summed E-state index contributed by atoms with van der Waals surface area (Å²) in [5, 5.41) is 9.03. The Morgan fingerprint density at radius 2 is 1.78 bits per heavy atom. The zero-order valence-electron chi connectivity index (χ0n) is 10.4. The Hall–Kier alpha value is -1.14. The average molecular weight is 256 g/mol. The fourth-order valence-electron chi connectivity index (χ4n) is 2.64. The van der Waals surface area contributed by atoms with Gasteiger partial charge < -0.3 is 20.5 Å². The molecule has 0 aromatic rings. The monoisotopic (exact) mass is 256 g/mol. The smallest absolute Gasteiger partial charge is 0.323 e. The quantitative estimate of drug-likeness (QED) is 0.714. The molecule has 18 heavy (non-hydrogen) atoms. The average Bonchev–Trinajstić information content (AvgIpc) is 2.40. The lowest BCUT2D eigenvalue weighted by Crippen LogP contribution is -2.52. The summed E-state index contributed by atoms with van der Waals surface area (Å²) in [7, 11) is 0. The molecule has 1 aliphatic carbocycles. The fraction of sp³-hybridized carbons (Fsp3) is 0.833. The van der Waals surface area contributed by atoms with Crippen molar-refractivity contribution in [3.63, 3.8) is 0 Å². The second kappa shape index (κ2) is 5.24. The van der Waals surface area contributed by atoms with Crippen molar-refractivity contribution in [3.8, 4) is 0 Å². The van der Waals surface area contributed by atoms with E-state index in [2.05, 4.69) is 0 Å². The van der Waals surface area contributed by atoms with Crippen molar-refractivity contribution in [1.29, 1.82) is 0 Å². The van der Waals surface area contributed by atoms with Gasteiger partial charge in [0.1, 0.15) is 5.54 Å². The van der Waals surface area contributed by atoms with E-state index in [0.717, 1.165) is 0 Å². The highest BCUT2D eigenvalue weighted by Crippen LogP contribution is 2.31. The van der Waals surface area contributed by atoms with Crippen LogP contribution >= 0.6 is 0 Å². The second-order valence-electron chi connectivity index (χ2n) is 5.17. The van der Waals surface area contributed by atoms with Gasteiger partial charge in [0.05, 0.1) is 13.2 Å². The van der Waals surface area contributed by atoms with Gasteiger partial charge in [-0.3, -0.25) is 9.59 Å². The predicted octanol–water partition coefficient (Wildman–Crippen LogP) is -0.183. The molecule has 1 saturated carbocycles. The molecule has 0 unspecified atom stereocenters. The molecule has 2 fully saturated rings. The number of rotatable bonds is 2. The predicted molar refractivity (Wildman–Crippen MR) is 63.9 cm³/mol. The van der Waals surface area contributed by atoms with Crippen LogP contribution in [0.5, 0.6) is 0 Å². The SMILES string of the molecule is NC1(C(=O)O)CCC(C(=O)N2CCOCC2)CC1. The minimum Gasteiger partial charge on any atom is -0.480 e. The maximum atomic E-state index is 12.2. The third-order valence-electron chi connectivity index (χ3n) is 3.98.